The molecule has 0 saturated heterocycles. The highest BCUT2D eigenvalue weighted by atomic mass is 14.8. The van der Waals surface area contributed by atoms with Gasteiger partial charge in [0, 0.05) is 6.54 Å². The molecule has 0 atom stereocenters. The Morgan fingerprint density at radius 3 is 2.36 bits per heavy atom. The van der Waals surface area contributed by atoms with Crippen molar-refractivity contribution < 1.29 is 0 Å². The molecule has 0 saturated carbocycles. The van der Waals surface area contributed by atoms with Crippen molar-refractivity contribution in [2.45, 2.75) is 20.2 Å². The van der Waals surface area contributed by atoms with Crippen LogP contribution in [-0.4, -0.2) is 6.85 Å². The molecule has 0 bridgehead atoms. The van der Waals surface area contributed by atoms with Gasteiger partial charge in [0.25, 0.3) is 0 Å². The Morgan fingerprint density at radius 1 is 1.18 bits per heavy atom. The second kappa shape index (κ2) is 4.19. The molecule has 0 radical (unpaired) electrons. The van der Waals surface area contributed by atoms with Gasteiger partial charge in [-0.05, 0) is 5.56 Å². The maximum atomic E-state index is 3.36. The van der Waals surface area contributed by atoms with Crippen molar-refractivity contribution in [3.05, 3.63) is 35.9 Å². The molecule has 1 nitrogen and oxygen atoms in total. The van der Waals surface area contributed by atoms with E-state index in [9.17, 15) is 0 Å². The molecule has 58 valence electrons. The predicted molar refractivity (Wildman–Crippen MR) is 50.8 cm³/mol. The molecule has 0 aliphatic heterocycles. The van der Waals surface area contributed by atoms with Gasteiger partial charge >= 0.3 is 0 Å². The molecule has 0 aromatic heterocycles. The zero-order valence-electron chi connectivity index (χ0n) is 7.17. The van der Waals surface area contributed by atoms with Crippen LogP contribution in [0, 0.1) is 0 Å². The second-order valence-electron chi connectivity index (χ2n) is 3.02. The van der Waals surface area contributed by atoms with E-state index in [-0.39, 0.29) is 0 Å². The minimum atomic E-state index is 0.565. The Labute approximate surface area is 68.9 Å². The fourth-order valence-electron chi connectivity index (χ4n) is 0.918. The number of hydrogen-bond acceptors (Lipinski definition) is 1. The smallest absolute Gasteiger partial charge is 0.214 e. The van der Waals surface area contributed by atoms with Gasteiger partial charge < -0.3 is 5.23 Å². The highest BCUT2D eigenvalue weighted by Gasteiger charge is 1.96. The molecule has 0 aliphatic rings. The molecular weight excluding hydrogens is 133 g/mol. The molecule has 0 heterocycles. The van der Waals surface area contributed by atoms with E-state index >= 15 is 0 Å². The third kappa shape index (κ3) is 3.24. The number of hydrogen-bond donors (Lipinski definition) is 1. The first kappa shape index (κ1) is 8.34. The topological polar surface area (TPSA) is 12.0 Å². The standard InChI is InChI=1S/C9H14BN/c1-10(2)11-8-9-6-4-3-5-7-9/h3-7,11H,8H2,1-2H3. The molecule has 0 unspecified atom stereocenters. The molecular formula is C9H14BN. The Hall–Kier alpha value is -0.755. The first-order valence-electron chi connectivity index (χ1n) is 4.06. The van der Waals surface area contributed by atoms with E-state index in [4.69, 9.17) is 0 Å². The Morgan fingerprint density at radius 2 is 1.82 bits per heavy atom. The molecule has 0 aliphatic carbocycles. The van der Waals surface area contributed by atoms with E-state index in [2.05, 4.69) is 43.1 Å². The van der Waals surface area contributed by atoms with E-state index in [1.165, 1.54) is 5.56 Å². The third-order valence-electron chi connectivity index (χ3n) is 1.56. The van der Waals surface area contributed by atoms with Gasteiger partial charge in [-0.3, -0.25) is 0 Å². The maximum absolute atomic E-state index is 3.36. The van der Waals surface area contributed by atoms with Gasteiger partial charge in [-0.15, -0.1) is 0 Å². The molecule has 0 spiro atoms. The van der Waals surface area contributed by atoms with E-state index in [1.807, 2.05) is 6.07 Å². The maximum Gasteiger partial charge on any atom is 0.214 e. The van der Waals surface area contributed by atoms with Gasteiger partial charge in [0.15, 0.2) is 0 Å². The first-order valence-corrected chi connectivity index (χ1v) is 4.06. The third-order valence-corrected chi connectivity index (χ3v) is 1.56. The van der Waals surface area contributed by atoms with Gasteiger partial charge in [-0.2, -0.15) is 0 Å². The lowest BCUT2D eigenvalue weighted by molar-refractivity contribution is 0.935. The van der Waals surface area contributed by atoms with Crippen molar-refractivity contribution in [2.24, 2.45) is 0 Å². The molecule has 1 N–H and O–H groups in total. The highest BCUT2D eigenvalue weighted by Crippen LogP contribution is 1.96. The summed E-state index contributed by atoms with van der Waals surface area (Å²) < 4.78 is 0. The van der Waals surface area contributed by atoms with Crippen LogP contribution in [0.4, 0.5) is 0 Å². The molecule has 1 aromatic carbocycles. The summed E-state index contributed by atoms with van der Waals surface area (Å²) in [4.78, 5) is 0. The van der Waals surface area contributed by atoms with E-state index < -0.39 is 0 Å². The summed E-state index contributed by atoms with van der Waals surface area (Å²) in [7, 11) is 0. The van der Waals surface area contributed by atoms with Gasteiger partial charge in [0.2, 0.25) is 6.85 Å². The lowest BCUT2D eigenvalue weighted by Gasteiger charge is -2.04. The summed E-state index contributed by atoms with van der Waals surface area (Å²) in [6.45, 7) is 5.85. The summed E-state index contributed by atoms with van der Waals surface area (Å²) in [5, 5.41) is 3.36. The average Bonchev–Trinajstić information content (AvgIpc) is 2.03. The summed E-state index contributed by atoms with van der Waals surface area (Å²) in [5.74, 6) is 0. The Balaban J connectivity index is 2.39. The molecule has 2 heteroatoms. The van der Waals surface area contributed by atoms with Crippen LogP contribution in [-0.2, 0) is 6.54 Å². The van der Waals surface area contributed by atoms with Crippen LogP contribution in [0.15, 0.2) is 30.3 Å². The fourth-order valence-corrected chi connectivity index (χ4v) is 0.918. The largest absolute Gasteiger partial charge is 0.352 e. The lowest BCUT2D eigenvalue weighted by Crippen LogP contribution is -2.26. The van der Waals surface area contributed by atoms with Crippen LogP contribution in [0.2, 0.25) is 13.6 Å². The van der Waals surface area contributed by atoms with Crippen LogP contribution in [0.3, 0.4) is 0 Å². The van der Waals surface area contributed by atoms with E-state index in [1.54, 1.807) is 0 Å². The predicted octanol–water partition coefficient (Wildman–Crippen LogP) is 2.03. The van der Waals surface area contributed by atoms with Crippen LogP contribution >= 0.6 is 0 Å². The van der Waals surface area contributed by atoms with Crippen molar-refractivity contribution in [3.8, 4) is 0 Å². The van der Waals surface area contributed by atoms with E-state index in [0.717, 1.165) is 6.54 Å². The second-order valence-corrected chi connectivity index (χ2v) is 3.02. The van der Waals surface area contributed by atoms with Crippen LogP contribution in [0.5, 0.6) is 0 Å². The van der Waals surface area contributed by atoms with Crippen molar-refractivity contribution >= 4 is 6.85 Å². The highest BCUT2D eigenvalue weighted by molar-refractivity contribution is 6.52. The van der Waals surface area contributed by atoms with Crippen molar-refractivity contribution in [1.82, 2.24) is 5.23 Å². The van der Waals surface area contributed by atoms with Crippen LogP contribution in [0.25, 0.3) is 0 Å². The summed E-state index contributed by atoms with van der Waals surface area (Å²) in [6.07, 6.45) is 0. The SMILES string of the molecule is CB(C)NCc1ccccc1. The Bertz CT molecular complexity index is 196. The lowest BCUT2D eigenvalue weighted by atomic mass is 9.69. The number of nitrogens with one attached hydrogen (secondary N) is 1. The molecule has 0 fully saturated rings. The van der Waals surface area contributed by atoms with Gasteiger partial charge in [-0.1, -0.05) is 44.0 Å². The van der Waals surface area contributed by atoms with Crippen molar-refractivity contribution in [2.75, 3.05) is 0 Å². The normalized spacial score (nSPS) is 9.64. The monoisotopic (exact) mass is 147 g/mol. The minimum absolute atomic E-state index is 0.565. The van der Waals surface area contributed by atoms with Gasteiger partial charge in [-0.25, -0.2) is 0 Å². The minimum Gasteiger partial charge on any atom is -0.352 e. The first-order chi connectivity index (χ1) is 5.29. The molecule has 1 rings (SSSR count). The van der Waals surface area contributed by atoms with Crippen LogP contribution < -0.4 is 5.23 Å². The Kier molecular flexibility index (Phi) is 3.18. The fraction of sp³-hybridized carbons (Fsp3) is 0.333. The van der Waals surface area contributed by atoms with Crippen LogP contribution in [0.1, 0.15) is 5.56 Å². The average molecular weight is 147 g/mol. The molecule has 0 amide bonds. The van der Waals surface area contributed by atoms with Gasteiger partial charge in [0.05, 0.1) is 0 Å². The molecule has 1 aromatic rings. The van der Waals surface area contributed by atoms with E-state index in [0.29, 0.717) is 6.85 Å². The summed E-state index contributed by atoms with van der Waals surface area (Å²) in [5.41, 5.74) is 1.35. The zero-order valence-corrected chi connectivity index (χ0v) is 7.17. The summed E-state index contributed by atoms with van der Waals surface area (Å²) >= 11 is 0. The molecule has 11 heavy (non-hydrogen) atoms. The summed E-state index contributed by atoms with van der Waals surface area (Å²) in [6, 6.07) is 10.4. The zero-order chi connectivity index (χ0) is 8.10. The quantitative estimate of drug-likeness (QED) is 0.645. The number of benzene rings is 1. The number of rotatable bonds is 3. The van der Waals surface area contributed by atoms with Crippen molar-refractivity contribution in [3.63, 3.8) is 0 Å². The van der Waals surface area contributed by atoms with Crippen molar-refractivity contribution in [1.29, 1.82) is 0 Å². The van der Waals surface area contributed by atoms with Gasteiger partial charge in [0.1, 0.15) is 0 Å².